The first-order valence-corrected chi connectivity index (χ1v) is 9.27. The molecule has 0 aliphatic heterocycles. The number of rotatable bonds is 4. The molecule has 26 heavy (non-hydrogen) atoms. The number of carbonyl (C=O) groups excluding carboxylic acids is 1. The highest BCUT2D eigenvalue weighted by atomic mass is 35.5. The van der Waals surface area contributed by atoms with Crippen LogP contribution >= 0.6 is 23.4 Å². The highest BCUT2D eigenvalue weighted by molar-refractivity contribution is 7.99. The van der Waals surface area contributed by atoms with Gasteiger partial charge in [0.05, 0.1) is 29.5 Å². The number of fused-ring (bicyclic) bond motifs is 1. The summed E-state index contributed by atoms with van der Waals surface area (Å²) in [6.45, 7) is 3.94. The number of methoxy groups -OCH3 is 1. The van der Waals surface area contributed by atoms with E-state index in [0.717, 1.165) is 28.6 Å². The van der Waals surface area contributed by atoms with E-state index in [-0.39, 0.29) is 17.3 Å². The highest BCUT2D eigenvalue weighted by Gasteiger charge is 2.17. The number of thioether (sulfide) groups is 1. The third-order valence-corrected chi connectivity index (χ3v) is 5.31. The third-order valence-electron chi connectivity index (χ3n) is 4.16. The molecule has 0 spiro atoms. The Labute approximate surface area is 160 Å². The second-order valence-electron chi connectivity index (χ2n) is 5.78. The van der Waals surface area contributed by atoms with Crippen molar-refractivity contribution in [2.75, 3.05) is 12.9 Å². The summed E-state index contributed by atoms with van der Waals surface area (Å²) < 4.78 is 6.25. The van der Waals surface area contributed by atoms with Gasteiger partial charge in [-0.2, -0.15) is 0 Å². The van der Waals surface area contributed by atoms with Gasteiger partial charge in [-0.1, -0.05) is 35.5 Å². The van der Waals surface area contributed by atoms with Crippen molar-refractivity contribution in [3.63, 3.8) is 0 Å². The summed E-state index contributed by atoms with van der Waals surface area (Å²) in [5, 5.41) is 1.39. The molecular formula is C19H17ClN2O3S. The SMILES string of the molecule is COC(=O)CSc1nc2cc(Cl)ccc2c(=O)n1-c1cccc(C)c1C. The summed E-state index contributed by atoms with van der Waals surface area (Å²) in [7, 11) is 1.33. The molecule has 0 atom stereocenters. The molecule has 0 aliphatic rings. The Balaban J connectivity index is 2.29. The molecule has 1 heterocycles. The number of esters is 1. The minimum absolute atomic E-state index is 0.0554. The van der Waals surface area contributed by atoms with Gasteiger partial charge in [0.15, 0.2) is 5.16 Å². The standard InChI is InChI=1S/C19H17ClN2O3S/c1-11-5-4-6-16(12(11)2)22-18(24)14-8-7-13(20)9-15(14)21-19(22)26-10-17(23)25-3/h4-9H,10H2,1-3H3. The van der Waals surface area contributed by atoms with Gasteiger partial charge in [0, 0.05) is 5.02 Å². The van der Waals surface area contributed by atoms with E-state index in [1.54, 1.807) is 22.8 Å². The van der Waals surface area contributed by atoms with Crippen molar-refractivity contribution >= 4 is 40.2 Å². The smallest absolute Gasteiger partial charge is 0.316 e. The van der Waals surface area contributed by atoms with Crippen LogP contribution in [0.15, 0.2) is 46.3 Å². The molecule has 3 aromatic rings. The van der Waals surface area contributed by atoms with Crippen LogP contribution in [0.5, 0.6) is 0 Å². The highest BCUT2D eigenvalue weighted by Crippen LogP contribution is 2.25. The molecule has 0 radical (unpaired) electrons. The lowest BCUT2D eigenvalue weighted by molar-refractivity contribution is -0.137. The van der Waals surface area contributed by atoms with Gasteiger partial charge in [-0.15, -0.1) is 0 Å². The number of ether oxygens (including phenoxy) is 1. The van der Waals surface area contributed by atoms with Crippen LogP contribution in [0, 0.1) is 13.8 Å². The topological polar surface area (TPSA) is 61.2 Å². The number of aryl methyl sites for hydroxylation is 1. The molecule has 0 aliphatic carbocycles. The number of benzene rings is 2. The van der Waals surface area contributed by atoms with E-state index in [4.69, 9.17) is 16.3 Å². The van der Waals surface area contributed by atoms with Crippen LogP contribution in [0.3, 0.4) is 0 Å². The predicted molar refractivity (Wildman–Crippen MR) is 105 cm³/mol. The van der Waals surface area contributed by atoms with Crippen LogP contribution in [0.25, 0.3) is 16.6 Å². The van der Waals surface area contributed by atoms with Crippen molar-refractivity contribution in [2.45, 2.75) is 19.0 Å². The molecule has 0 N–H and O–H groups in total. The molecule has 7 heteroatoms. The normalized spacial score (nSPS) is 10.9. The number of hydrogen-bond acceptors (Lipinski definition) is 5. The van der Waals surface area contributed by atoms with Gasteiger partial charge in [0.2, 0.25) is 0 Å². The van der Waals surface area contributed by atoms with Gasteiger partial charge < -0.3 is 4.74 Å². The Hall–Kier alpha value is -2.31. The van der Waals surface area contributed by atoms with Crippen LogP contribution < -0.4 is 5.56 Å². The Kier molecular flexibility index (Phi) is 5.34. The molecule has 0 amide bonds. The van der Waals surface area contributed by atoms with E-state index < -0.39 is 0 Å². The molecular weight excluding hydrogens is 372 g/mol. The summed E-state index contributed by atoms with van der Waals surface area (Å²) in [6, 6.07) is 10.7. The fraction of sp³-hybridized carbons (Fsp3) is 0.211. The van der Waals surface area contributed by atoms with Gasteiger partial charge in [-0.05, 0) is 49.2 Å². The summed E-state index contributed by atoms with van der Waals surface area (Å²) in [5.41, 5.74) is 3.08. The molecule has 134 valence electrons. The zero-order valence-electron chi connectivity index (χ0n) is 14.6. The van der Waals surface area contributed by atoms with Gasteiger partial charge in [-0.3, -0.25) is 14.2 Å². The maximum atomic E-state index is 13.2. The summed E-state index contributed by atoms with van der Waals surface area (Å²) in [5.74, 6) is -0.331. The first-order valence-electron chi connectivity index (χ1n) is 7.91. The summed E-state index contributed by atoms with van der Waals surface area (Å²) in [6.07, 6.45) is 0. The first-order chi connectivity index (χ1) is 12.4. The van der Waals surface area contributed by atoms with E-state index in [0.29, 0.717) is 21.1 Å². The molecule has 0 saturated heterocycles. The molecule has 0 saturated carbocycles. The second kappa shape index (κ2) is 7.51. The molecule has 0 fully saturated rings. The van der Waals surface area contributed by atoms with Crippen molar-refractivity contribution in [2.24, 2.45) is 0 Å². The average molecular weight is 389 g/mol. The number of halogens is 1. The van der Waals surface area contributed by atoms with Gasteiger partial charge in [0.1, 0.15) is 0 Å². The van der Waals surface area contributed by atoms with Crippen molar-refractivity contribution in [3.05, 3.63) is 62.9 Å². The Morgan fingerprint density at radius 3 is 2.77 bits per heavy atom. The van der Waals surface area contributed by atoms with E-state index in [2.05, 4.69) is 4.98 Å². The van der Waals surface area contributed by atoms with Crippen LogP contribution in [0.4, 0.5) is 0 Å². The largest absolute Gasteiger partial charge is 0.468 e. The van der Waals surface area contributed by atoms with E-state index in [1.165, 1.54) is 7.11 Å². The van der Waals surface area contributed by atoms with Crippen molar-refractivity contribution in [3.8, 4) is 5.69 Å². The maximum absolute atomic E-state index is 13.2. The predicted octanol–water partition coefficient (Wildman–Crippen LogP) is 3.92. The lowest BCUT2D eigenvalue weighted by atomic mass is 10.1. The Morgan fingerprint density at radius 1 is 1.27 bits per heavy atom. The fourth-order valence-corrected chi connectivity index (χ4v) is 3.61. The number of nitrogens with zero attached hydrogens (tertiary/aromatic N) is 2. The van der Waals surface area contributed by atoms with Crippen molar-refractivity contribution in [1.29, 1.82) is 0 Å². The van der Waals surface area contributed by atoms with Crippen molar-refractivity contribution < 1.29 is 9.53 Å². The average Bonchev–Trinajstić information content (AvgIpc) is 2.62. The minimum atomic E-state index is -0.386. The summed E-state index contributed by atoms with van der Waals surface area (Å²) in [4.78, 5) is 29.4. The second-order valence-corrected chi connectivity index (χ2v) is 7.16. The maximum Gasteiger partial charge on any atom is 0.316 e. The molecule has 0 bridgehead atoms. The molecule has 1 aromatic heterocycles. The lowest BCUT2D eigenvalue weighted by Gasteiger charge is -2.16. The van der Waals surface area contributed by atoms with Crippen LogP contribution in [-0.2, 0) is 9.53 Å². The van der Waals surface area contributed by atoms with Gasteiger partial charge in [0.25, 0.3) is 5.56 Å². The zero-order chi connectivity index (χ0) is 18.8. The van der Waals surface area contributed by atoms with Gasteiger partial charge in [-0.25, -0.2) is 4.98 Å². The van der Waals surface area contributed by atoms with E-state index >= 15 is 0 Å². The van der Waals surface area contributed by atoms with Crippen molar-refractivity contribution in [1.82, 2.24) is 9.55 Å². The van der Waals surface area contributed by atoms with Crippen LogP contribution in [-0.4, -0.2) is 28.4 Å². The Bertz CT molecular complexity index is 1060. The van der Waals surface area contributed by atoms with Crippen LogP contribution in [0.1, 0.15) is 11.1 Å². The number of aromatic nitrogens is 2. The third kappa shape index (κ3) is 3.48. The number of hydrogen-bond donors (Lipinski definition) is 0. The molecule has 5 nitrogen and oxygen atoms in total. The number of carbonyl (C=O) groups is 1. The Morgan fingerprint density at radius 2 is 2.04 bits per heavy atom. The van der Waals surface area contributed by atoms with Crippen LogP contribution in [0.2, 0.25) is 5.02 Å². The van der Waals surface area contributed by atoms with E-state index in [9.17, 15) is 9.59 Å². The molecule has 2 aromatic carbocycles. The fourth-order valence-electron chi connectivity index (χ4n) is 2.61. The summed E-state index contributed by atoms with van der Waals surface area (Å²) >= 11 is 7.20. The molecule has 0 unspecified atom stereocenters. The molecule has 3 rings (SSSR count). The minimum Gasteiger partial charge on any atom is -0.468 e. The first kappa shape index (κ1) is 18.5. The zero-order valence-corrected chi connectivity index (χ0v) is 16.1. The monoisotopic (exact) mass is 388 g/mol. The lowest BCUT2D eigenvalue weighted by Crippen LogP contribution is -2.23. The quantitative estimate of drug-likeness (QED) is 0.385. The van der Waals surface area contributed by atoms with Gasteiger partial charge >= 0.3 is 5.97 Å². The van der Waals surface area contributed by atoms with E-state index in [1.807, 2.05) is 32.0 Å².